The van der Waals surface area contributed by atoms with Crippen LogP contribution in [0.2, 0.25) is 0 Å². The van der Waals surface area contributed by atoms with Crippen LogP contribution in [0, 0.1) is 35.5 Å². The van der Waals surface area contributed by atoms with Crippen LogP contribution >= 0.6 is 0 Å². The van der Waals surface area contributed by atoms with Crippen molar-refractivity contribution in [3.8, 4) is 11.5 Å². The lowest BCUT2D eigenvalue weighted by Gasteiger charge is -2.44. The fourth-order valence-corrected chi connectivity index (χ4v) is 8.77. The zero-order valence-electron chi connectivity index (χ0n) is 19.7. The molecular formula is C30H34O4. The molecule has 6 fully saturated rings. The maximum atomic E-state index is 5.94. The van der Waals surface area contributed by atoms with Gasteiger partial charge < -0.3 is 18.9 Å². The molecule has 2 aliphatic heterocycles. The summed E-state index contributed by atoms with van der Waals surface area (Å²) in [6.07, 6.45) is 6.50. The van der Waals surface area contributed by atoms with E-state index in [1.165, 1.54) is 36.8 Å². The van der Waals surface area contributed by atoms with Gasteiger partial charge >= 0.3 is 0 Å². The van der Waals surface area contributed by atoms with Gasteiger partial charge in [-0.15, -0.1) is 0 Å². The molecule has 0 aromatic heterocycles. The predicted molar refractivity (Wildman–Crippen MR) is 128 cm³/mol. The van der Waals surface area contributed by atoms with Gasteiger partial charge in [0, 0.05) is 0 Å². The lowest BCUT2D eigenvalue weighted by Crippen LogP contribution is -2.36. The van der Waals surface area contributed by atoms with Crippen molar-refractivity contribution in [3.63, 3.8) is 0 Å². The summed E-state index contributed by atoms with van der Waals surface area (Å²) in [6, 6.07) is 18.2. The van der Waals surface area contributed by atoms with E-state index in [4.69, 9.17) is 18.9 Å². The normalized spacial score (nSPS) is 42.6. The van der Waals surface area contributed by atoms with E-state index < -0.39 is 0 Å². The Morgan fingerprint density at radius 3 is 1.47 bits per heavy atom. The lowest BCUT2D eigenvalue weighted by atomic mass is 9.60. The number of hydrogen-bond donors (Lipinski definition) is 0. The largest absolute Gasteiger partial charge is 0.491 e. The predicted octanol–water partition coefficient (Wildman–Crippen LogP) is 5.42. The van der Waals surface area contributed by atoms with Crippen molar-refractivity contribution in [2.75, 3.05) is 26.4 Å². The van der Waals surface area contributed by atoms with Crippen LogP contribution in [0.1, 0.15) is 48.6 Å². The van der Waals surface area contributed by atoms with Crippen molar-refractivity contribution in [2.24, 2.45) is 35.5 Å². The quantitative estimate of drug-likeness (QED) is 0.391. The summed E-state index contributed by atoms with van der Waals surface area (Å²) in [5, 5.41) is 0. The summed E-state index contributed by atoms with van der Waals surface area (Å²) in [5.74, 6) is 8.79. The molecule has 2 aromatic carbocycles. The fourth-order valence-electron chi connectivity index (χ4n) is 8.77. The zero-order chi connectivity index (χ0) is 22.2. The molecule has 4 saturated carbocycles. The Bertz CT molecular complexity index is 957. The van der Waals surface area contributed by atoms with Crippen molar-refractivity contribution in [3.05, 3.63) is 59.7 Å². The van der Waals surface area contributed by atoms with Crippen LogP contribution in [0.5, 0.6) is 11.5 Å². The van der Waals surface area contributed by atoms with E-state index in [9.17, 15) is 0 Å². The Morgan fingerprint density at radius 1 is 0.618 bits per heavy atom. The molecule has 4 aliphatic carbocycles. The summed E-state index contributed by atoms with van der Waals surface area (Å²) in [7, 11) is 0. The number of rotatable bonds is 8. The van der Waals surface area contributed by atoms with Gasteiger partial charge in [0.25, 0.3) is 0 Å². The number of epoxide rings is 2. The molecule has 10 unspecified atom stereocenters. The molecule has 2 saturated heterocycles. The molecule has 2 aromatic rings. The molecule has 0 N–H and O–H groups in total. The molecule has 4 bridgehead atoms. The third kappa shape index (κ3) is 3.32. The van der Waals surface area contributed by atoms with Gasteiger partial charge in [0.2, 0.25) is 0 Å². The van der Waals surface area contributed by atoms with Crippen molar-refractivity contribution >= 4 is 0 Å². The molecular weight excluding hydrogens is 424 g/mol. The molecule has 10 atom stereocenters. The molecule has 4 heteroatoms. The second-order valence-corrected chi connectivity index (χ2v) is 11.8. The molecule has 2 heterocycles. The Morgan fingerprint density at radius 2 is 1.06 bits per heavy atom. The van der Waals surface area contributed by atoms with E-state index in [0.717, 1.165) is 60.2 Å². The number of hydrogen-bond acceptors (Lipinski definition) is 4. The van der Waals surface area contributed by atoms with E-state index in [-0.39, 0.29) is 0 Å². The van der Waals surface area contributed by atoms with Crippen LogP contribution in [-0.4, -0.2) is 38.6 Å². The second-order valence-electron chi connectivity index (χ2n) is 11.8. The molecule has 6 aliphatic rings. The second kappa shape index (κ2) is 7.73. The molecule has 0 spiro atoms. The van der Waals surface area contributed by atoms with Gasteiger partial charge in [0.05, 0.1) is 13.2 Å². The minimum atomic E-state index is 0.299. The summed E-state index contributed by atoms with van der Waals surface area (Å²) >= 11 is 0. The van der Waals surface area contributed by atoms with Crippen LogP contribution in [-0.2, 0) is 9.47 Å². The van der Waals surface area contributed by atoms with E-state index in [2.05, 4.69) is 48.5 Å². The van der Waals surface area contributed by atoms with Crippen LogP contribution in [0.15, 0.2) is 48.5 Å². The first-order valence-corrected chi connectivity index (χ1v) is 13.5. The van der Waals surface area contributed by atoms with Crippen molar-refractivity contribution < 1.29 is 18.9 Å². The van der Waals surface area contributed by atoms with Gasteiger partial charge in [-0.3, -0.25) is 0 Å². The van der Waals surface area contributed by atoms with E-state index in [0.29, 0.717) is 37.3 Å². The van der Waals surface area contributed by atoms with Crippen LogP contribution in [0.3, 0.4) is 0 Å². The number of ether oxygens (including phenoxy) is 4. The summed E-state index contributed by atoms with van der Waals surface area (Å²) in [4.78, 5) is 0. The standard InChI is InChI=1S/C30H34O4/c1-2-20-11-19(1)29-25-12-26(30(20)29)28(18-5-9-22(10-6-18)32-14-24-16-34-24)27(25)17-3-7-21(8-4-17)31-13-23-15-33-23/h3-10,19-20,23-30H,1-2,11-16H2. The van der Waals surface area contributed by atoms with Gasteiger partial charge in [0.15, 0.2) is 0 Å². The first-order chi connectivity index (χ1) is 16.8. The van der Waals surface area contributed by atoms with Crippen LogP contribution < -0.4 is 9.47 Å². The fraction of sp³-hybridized carbons (Fsp3) is 0.600. The van der Waals surface area contributed by atoms with E-state index in [1.54, 1.807) is 0 Å². The van der Waals surface area contributed by atoms with Crippen molar-refractivity contribution in [2.45, 2.75) is 49.7 Å². The Hall–Kier alpha value is -2.04. The van der Waals surface area contributed by atoms with Gasteiger partial charge in [-0.2, -0.15) is 0 Å². The first kappa shape index (κ1) is 20.2. The topological polar surface area (TPSA) is 43.5 Å². The average molecular weight is 459 g/mol. The van der Waals surface area contributed by atoms with Crippen LogP contribution in [0.25, 0.3) is 0 Å². The highest BCUT2D eigenvalue weighted by Crippen LogP contribution is 2.74. The van der Waals surface area contributed by atoms with E-state index >= 15 is 0 Å². The lowest BCUT2D eigenvalue weighted by molar-refractivity contribution is 0.114. The average Bonchev–Trinajstić information content (AvgIpc) is 3.72. The highest BCUT2D eigenvalue weighted by Gasteiger charge is 2.65. The minimum absolute atomic E-state index is 0.299. The van der Waals surface area contributed by atoms with Gasteiger partial charge in [0.1, 0.15) is 36.9 Å². The molecule has 0 amide bonds. The van der Waals surface area contributed by atoms with Gasteiger partial charge in [-0.05, 0) is 108 Å². The summed E-state index contributed by atoms with van der Waals surface area (Å²) < 4.78 is 22.5. The van der Waals surface area contributed by atoms with Gasteiger partial charge in [-0.1, -0.05) is 24.3 Å². The maximum absolute atomic E-state index is 5.94. The molecule has 8 rings (SSSR count). The number of fused-ring (bicyclic) bond motifs is 9. The van der Waals surface area contributed by atoms with Crippen molar-refractivity contribution in [1.82, 2.24) is 0 Å². The van der Waals surface area contributed by atoms with Gasteiger partial charge in [-0.25, -0.2) is 0 Å². The monoisotopic (exact) mass is 458 g/mol. The Labute approximate surface area is 201 Å². The van der Waals surface area contributed by atoms with Crippen molar-refractivity contribution in [1.29, 1.82) is 0 Å². The van der Waals surface area contributed by atoms with Crippen LogP contribution in [0.4, 0.5) is 0 Å². The molecule has 4 nitrogen and oxygen atoms in total. The maximum Gasteiger partial charge on any atom is 0.119 e. The Kier molecular flexibility index (Phi) is 4.59. The molecule has 0 radical (unpaired) electrons. The highest BCUT2D eigenvalue weighted by molar-refractivity contribution is 5.40. The summed E-state index contributed by atoms with van der Waals surface area (Å²) in [6.45, 7) is 3.02. The van der Waals surface area contributed by atoms with E-state index in [1.807, 2.05) is 0 Å². The number of benzene rings is 2. The molecule has 34 heavy (non-hydrogen) atoms. The third-order valence-electron chi connectivity index (χ3n) is 10.1. The Balaban J connectivity index is 1.09. The highest BCUT2D eigenvalue weighted by atomic mass is 16.6. The third-order valence-corrected chi connectivity index (χ3v) is 10.1. The minimum Gasteiger partial charge on any atom is -0.491 e. The SMILES string of the molecule is c1cc(C2C3CC(C2c2ccc(OCC4CO4)cc2)C2C4CCC(C4)C32)ccc1OCC1CO1. The zero-order valence-corrected chi connectivity index (χ0v) is 19.7. The smallest absolute Gasteiger partial charge is 0.119 e. The summed E-state index contributed by atoms with van der Waals surface area (Å²) in [5.41, 5.74) is 3.03. The molecule has 178 valence electrons. The first-order valence-electron chi connectivity index (χ1n) is 13.5.